The largest absolute Gasteiger partial charge is 0.395 e. The van der Waals surface area contributed by atoms with E-state index in [4.69, 9.17) is 5.11 Å². The Morgan fingerprint density at radius 3 is 3.05 bits per heavy atom. The lowest BCUT2D eigenvalue weighted by atomic mass is 9.84. The summed E-state index contributed by atoms with van der Waals surface area (Å²) in [5.41, 5.74) is 0.953. The summed E-state index contributed by atoms with van der Waals surface area (Å²) in [5, 5.41) is 10.6. The molecule has 108 valence electrons. The fourth-order valence-electron chi connectivity index (χ4n) is 2.50. The first-order chi connectivity index (χ1) is 9.52. The monoisotopic (exact) mass is 291 g/mol. The zero-order valence-electron chi connectivity index (χ0n) is 12.1. The van der Waals surface area contributed by atoms with Crippen molar-refractivity contribution in [3.05, 3.63) is 21.9 Å². The summed E-state index contributed by atoms with van der Waals surface area (Å²) in [6.07, 6.45) is 2.73. The lowest BCUT2D eigenvalue weighted by Crippen LogP contribution is -2.43. The molecule has 0 unspecified atom stereocenters. The molecule has 1 N–H and O–H groups in total. The predicted octanol–water partition coefficient (Wildman–Crippen LogP) is 2.74. The highest BCUT2D eigenvalue weighted by molar-refractivity contribution is 7.10. The van der Waals surface area contributed by atoms with Gasteiger partial charge in [-0.15, -0.1) is 11.3 Å². The van der Waals surface area contributed by atoms with Gasteiger partial charge in [0.2, 0.25) is 0 Å². The van der Waals surface area contributed by atoms with Crippen molar-refractivity contribution >= 4 is 17.2 Å². The minimum absolute atomic E-state index is 0.0764. The van der Waals surface area contributed by atoms with Gasteiger partial charge in [0.05, 0.1) is 17.0 Å². The van der Waals surface area contributed by atoms with Crippen molar-refractivity contribution in [2.75, 3.05) is 19.7 Å². The van der Waals surface area contributed by atoms with Crippen LogP contribution in [0.2, 0.25) is 0 Å². The second-order valence-corrected chi connectivity index (χ2v) is 6.88. The minimum Gasteiger partial charge on any atom is -0.395 e. The van der Waals surface area contributed by atoms with E-state index < -0.39 is 0 Å². The Morgan fingerprint density at radius 1 is 1.55 bits per heavy atom. The summed E-state index contributed by atoms with van der Waals surface area (Å²) in [5.74, 6) is 5.97. The number of carbonyl (C=O) groups is 1. The van der Waals surface area contributed by atoms with E-state index in [9.17, 15) is 4.79 Å². The molecule has 2 heterocycles. The number of likely N-dealkylation sites (tertiary alicyclic amines) is 1. The smallest absolute Gasteiger partial charge is 0.254 e. The zero-order chi connectivity index (χ0) is 14.6. The third-order valence-electron chi connectivity index (χ3n) is 3.48. The summed E-state index contributed by atoms with van der Waals surface area (Å²) in [4.78, 5) is 15.3. The predicted molar refractivity (Wildman–Crippen MR) is 81.8 cm³/mol. The molecular formula is C16H21NO2S. The third kappa shape index (κ3) is 3.84. The van der Waals surface area contributed by atoms with Crippen molar-refractivity contribution in [1.29, 1.82) is 0 Å². The van der Waals surface area contributed by atoms with E-state index in [1.807, 2.05) is 16.3 Å². The Kier molecular flexibility index (Phi) is 4.85. The van der Waals surface area contributed by atoms with Crippen molar-refractivity contribution in [3.63, 3.8) is 0 Å². The number of amides is 1. The maximum absolute atomic E-state index is 12.5. The number of thiophene rings is 1. The number of hydrogen-bond donors (Lipinski definition) is 1. The average molecular weight is 291 g/mol. The summed E-state index contributed by atoms with van der Waals surface area (Å²) in [7, 11) is 0. The highest BCUT2D eigenvalue weighted by atomic mass is 32.1. The van der Waals surface area contributed by atoms with Crippen LogP contribution in [0.1, 0.15) is 48.3 Å². The summed E-state index contributed by atoms with van der Waals surface area (Å²) in [6, 6.07) is 1.86. The van der Waals surface area contributed by atoms with Crippen LogP contribution in [0.25, 0.3) is 0 Å². The topological polar surface area (TPSA) is 40.5 Å². The lowest BCUT2D eigenvalue weighted by molar-refractivity contribution is 0.0584. The number of aliphatic hydroxyl groups excluding tert-OH is 1. The summed E-state index contributed by atoms with van der Waals surface area (Å²) in [6.45, 7) is 6.18. The number of carbonyl (C=O) groups excluding carboxylic acids is 1. The Balaban J connectivity index is 2.05. The van der Waals surface area contributed by atoms with Crippen molar-refractivity contribution in [2.45, 2.75) is 33.1 Å². The second-order valence-electron chi connectivity index (χ2n) is 5.97. The molecule has 0 atom stereocenters. The molecule has 0 spiro atoms. The number of hydrogen-bond acceptors (Lipinski definition) is 3. The number of aliphatic hydroxyl groups is 1. The normalized spacial score (nSPS) is 17.4. The van der Waals surface area contributed by atoms with Gasteiger partial charge in [-0.3, -0.25) is 4.79 Å². The SMILES string of the molecule is CC1(C)CCCN(C(=O)c2csc(C#CCCO)c2)C1. The van der Waals surface area contributed by atoms with E-state index in [1.165, 1.54) is 17.8 Å². The Hall–Kier alpha value is -1.31. The molecule has 4 heteroatoms. The molecule has 0 saturated carbocycles. The fraction of sp³-hybridized carbons (Fsp3) is 0.562. The van der Waals surface area contributed by atoms with Crippen LogP contribution in [0.15, 0.2) is 11.4 Å². The fourth-order valence-corrected chi connectivity index (χ4v) is 3.25. The third-order valence-corrected chi connectivity index (χ3v) is 4.33. The van der Waals surface area contributed by atoms with Crippen LogP contribution in [0.3, 0.4) is 0 Å². The lowest BCUT2D eigenvalue weighted by Gasteiger charge is -2.37. The molecule has 1 saturated heterocycles. The number of piperidine rings is 1. The quantitative estimate of drug-likeness (QED) is 0.851. The maximum atomic E-state index is 12.5. The van der Waals surface area contributed by atoms with Gasteiger partial charge in [0.15, 0.2) is 0 Å². The van der Waals surface area contributed by atoms with Crippen molar-refractivity contribution < 1.29 is 9.90 Å². The second kappa shape index (κ2) is 6.43. The first-order valence-corrected chi connectivity index (χ1v) is 7.87. The molecular weight excluding hydrogens is 270 g/mol. The van der Waals surface area contributed by atoms with Crippen molar-refractivity contribution in [3.8, 4) is 11.8 Å². The van der Waals surface area contributed by atoms with Gasteiger partial charge in [0.25, 0.3) is 5.91 Å². The standard InChI is InChI=1S/C16H21NO2S/c1-16(2)7-5-8-17(12-16)15(19)13-10-14(20-11-13)6-3-4-9-18/h10-11,18H,4-5,7-9,12H2,1-2H3. The van der Waals surface area contributed by atoms with E-state index in [0.29, 0.717) is 6.42 Å². The van der Waals surface area contributed by atoms with Crippen LogP contribution >= 0.6 is 11.3 Å². The molecule has 0 aliphatic carbocycles. The Bertz CT molecular complexity index is 536. The van der Waals surface area contributed by atoms with E-state index >= 15 is 0 Å². The zero-order valence-corrected chi connectivity index (χ0v) is 12.9. The molecule has 0 aromatic carbocycles. The van der Waals surface area contributed by atoms with Gasteiger partial charge in [-0.1, -0.05) is 25.7 Å². The first-order valence-electron chi connectivity index (χ1n) is 6.99. The highest BCUT2D eigenvalue weighted by Gasteiger charge is 2.29. The first kappa shape index (κ1) is 15.1. The van der Waals surface area contributed by atoms with Crippen molar-refractivity contribution in [2.24, 2.45) is 5.41 Å². The van der Waals surface area contributed by atoms with Crippen LogP contribution in [-0.2, 0) is 0 Å². The van der Waals surface area contributed by atoms with Gasteiger partial charge in [0, 0.05) is 24.9 Å². The molecule has 1 aromatic rings. The molecule has 1 amide bonds. The molecule has 1 aliphatic rings. The molecule has 1 aromatic heterocycles. The van der Waals surface area contributed by atoms with Crippen LogP contribution in [-0.4, -0.2) is 35.6 Å². The molecule has 20 heavy (non-hydrogen) atoms. The van der Waals surface area contributed by atoms with Gasteiger partial charge in [-0.05, 0) is 24.3 Å². The van der Waals surface area contributed by atoms with E-state index in [-0.39, 0.29) is 17.9 Å². The number of nitrogens with zero attached hydrogens (tertiary/aromatic N) is 1. The van der Waals surface area contributed by atoms with Gasteiger partial charge in [-0.25, -0.2) is 0 Å². The van der Waals surface area contributed by atoms with E-state index in [0.717, 1.165) is 30.0 Å². The molecule has 3 nitrogen and oxygen atoms in total. The van der Waals surface area contributed by atoms with E-state index in [1.54, 1.807) is 0 Å². The van der Waals surface area contributed by atoms with Crippen LogP contribution in [0.5, 0.6) is 0 Å². The maximum Gasteiger partial charge on any atom is 0.254 e. The van der Waals surface area contributed by atoms with Gasteiger partial charge in [-0.2, -0.15) is 0 Å². The van der Waals surface area contributed by atoms with Crippen LogP contribution in [0.4, 0.5) is 0 Å². The molecule has 0 bridgehead atoms. The highest BCUT2D eigenvalue weighted by Crippen LogP contribution is 2.29. The molecule has 2 rings (SSSR count). The molecule has 0 radical (unpaired) electrons. The minimum atomic E-state index is 0.0764. The Labute approximate surface area is 124 Å². The number of rotatable bonds is 2. The Morgan fingerprint density at radius 2 is 2.35 bits per heavy atom. The van der Waals surface area contributed by atoms with Crippen LogP contribution in [0, 0.1) is 17.3 Å². The van der Waals surface area contributed by atoms with Gasteiger partial charge < -0.3 is 10.0 Å². The molecule has 1 fully saturated rings. The van der Waals surface area contributed by atoms with Gasteiger partial charge >= 0.3 is 0 Å². The van der Waals surface area contributed by atoms with Crippen LogP contribution < -0.4 is 0 Å². The summed E-state index contributed by atoms with van der Waals surface area (Å²) < 4.78 is 0. The van der Waals surface area contributed by atoms with E-state index in [2.05, 4.69) is 25.7 Å². The summed E-state index contributed by atoms with van der Waals surface area (Å²) >= 11 is 1.49. The molecule has 1 aliphatic heterocycles. The van der Waals surface area contributed by atoms with Gasteiger partial charge in [0.1, 0.15) is 0 Å². The van der Waals surface area contributed by atoms with Crippen molar-refractivity contribution in [1.82, 2.24) is 4.90 Å². The average Bonchev–Trinajstić information content (AvgIpc) is 2.86.